The van der Waals surface area contributed by atoms with E-state index >= 15 is 0 Å². The van der Waals surface area contributed by atoms with Crippen LogP contribution in [0.3, 0.4) is 0 Å². The number of fused-ring (bicyclic) bond motifs is 1. The molecule has 1 amide bonds. The van der Waals surface area contributed by atoms with Gasteiger partial charge in [-0.2, -0.15) is 0 Å². The Balaban J connectivity index is 2.22. The molecule has 0 radical (unpaired) electrons. The van der Waals surface area contributed by atoms with E-state index in [0.29, 0.717) is 11.4 Å². The zero-order chi connectivity index (χ0) is 12.3. The van der Waals surface area contributed by atoms with Crippen molar-refractivity contribution in [3.63, 3.8) is 0 Å². The molecule has 0 bridgehead atoms. The summed E-state index contributed by atoms with van der Waals surface area (Å²) < 4.78 is 0. The van der Waals surface area contributed by atoms with Gasteiger partial charge in [0, 0.05) is 11.9 Å². The van der Waals surface area contributed by atoms with E-state index in [4.69, 9.17) is 0 Å². The van der Waals surface area contributed by atoms with Gasteiger partial charge in [-0.05, 0) is 17.7 Å². The molecule has 1 aromatic heterocycles. The molecular formula is C13H13NO2S. The number of hydrogen-bond donors (Lipinski definition) is 1. The largest absolute Gasteiger partial charge is 0.356 e. The van der Waals surface area contributed by atoms with E-state index in [2.05, 4.69) is 5.32 Å². The zero-order valence-corrected chi connectivity index (χ0v) is 10.3. The molecule has 2 rings (SSSR count). The minimum Gasteiger partial charge on any atom is -0.356 e. The molecule has 0 spiro atoms. The van der Waals surface area contributed by atoms with Crippen molar-refractivity contribution in [1.29, 1.82) is 0 Å². The predicted octanol–water partition coefficient (Wildman–Crippen LogP) is 2.61. The summed E-state index contributed by atoms with van der Waals surface area (Å²) in [4.78, 5) is 24.0. The second-order valence-corrected chi connectivity index (χ2v) is 4.59. The number of amides is 1. The van der Waals surface area contributed by atoms with Gasteiger partial charge < -0.3 is 5.32 Å². The molecule has 3 nitrogen and oxygen atoms in total. The van der Waals surface area contributed by atoms with Crippen molar-refractivity contribution in [3.8, 4) is 0 Å². The minimum atomic E-state index is -0.213. The number of Topliss-reactive ketones (excluding diaryl/α,β-unsaturated/α-hetero) is 1. The summed E-state index contributed by atoms with van der Waals surface area (Å²) in [6.07, 6.45) is -0.0711. The van der Waals surface area contributed by atoms with Crippen LogP contribution < -0.4 is 5.32 Å². The van der Waals surface area contributed by atoms with Crippen LogP contribution in [0.1, 0.15) is 23.0 Å². The number of thiophene rings is 1. The highest BCUT2D eigenvalue weighted by Crippen LogP contribution is 2.26. The summed E-state index contributed by atoms with van der Waals surface area (Å²) >= 11 is 1.40. The number of nitrogens with one attached hydrogen (secondary N) is 1. The molecule has 1 N–H and O–H groups in total. The third kappa shape index (κ3) is 2.53. The van der Waals surface area contributed by atoms with E-state index in [1.54, 1.807) is 0 Å². The van der Waals surface area contributed by atoms with Crippen molar-refractivity contribution in [1.82, 2.24) is 5.32 Å². The number of carbonyl (C=O) groups excluding carboxylic acids is 2. The van der Waals surface area contributed by atoms with Crippen molar-refractivity contribution < 1.29 is 9.59 Å². The maximum Gasteiger partial charge on any atom is 0.227 e. The number of ketones is 1. The standard InChI is InChI=1S/C13H13NO2S/c1-2-14-12(16)7-11(15)13-10-6-4-3-5-9(10)8-17-13/h3-6,8H,2,7H2,1H3,(H,14,16). The van der Waals surface area contributed by atoms with Crippen LogP contribution in [0.25, 0.3) is 10.8 Å². The molecule has 88 valence electrons. The zero-order valence-electron chi connectivity index (χ0n) is 9.53. The number of benzene rings is 1. The van der Waals surface area contributed by atoms with Crippen molar-refractivity contribution in [2.24, 2.45) is 0 Å². The quantitative estimate of drug-likeness (QED) is 0.667. The van der Waals surface area contributed by atoms with Gasteiger partial charge in [0.25, 0.3) is 0 Å². The monoisotopic (exact) mass is 247 g/mol. The van der Waals surface area contributed by atoms with Crippen molar-refractivity contribution >= 4 is 33.8 Å². The second kappa shape index (κ2) is 5.10. The first kappa shape index (κ1) is 11.8. The lowest BCUT2D eigenvalue weighted by Gasteiger charge is -2.00. The Morgan fingerprint density at radius 1 is 1.29 bits per heavy atom. The lowest BCUT2D eigenvalue weighted by atomic mass is 10.1. The van der Waals surface area contributed by atoms with Gasteiger partial charge in [0.2, 0.25) is 5.91 Å². The Morgan fingerprint density at radius 3 is 2.82 bits per heavy atom. The third-order valence-electron chi connectivity index (χ3n) is 2.46. The summed E-state index contributed by atoms with van der Waals surface area (Å²) in [5.74, 6) is -0.322. The van der Waals surface area contributed by atoms with E-state index in [9.17, 15) is 9.59 Å². The highest BCUT2D eigenvalue weighted by molar-refractivity contribution is 7.13. The summed E-state index contributed by atoms with van der Waals surface area (Å²) in [6.45, 7) is 2.39. The number of carbonyl (C=O) groups is 2. The Kier molecular flexibility index (Phi) is 3.54. The molecule has 0 aliphatic rings. The van der Waals surface area contributed by atoms with Crippen LogP contribution in [-0.2, 0) is 4.79 Å². The molecule has 0 aliphatic carbocycles. The van der Waals surface area contributed by atoms with Gasteiger partial charge in [-0.1, -0.05) is 24.3 Å². The van der Waals surface area contributed by atoms with Crippen LogP contribution in [0, 0.1) is 0 Å². The molecule has 0 saturated heterocycles. The summed E-state index contributed by atoms with van der Waals surface area (Å²) in [5, 5.41) is 6.57. The Labute approximate surface area is 103 Å². The molecule has 0 atom stereocenters. The summed E-state index contributed by atoms with van der Waals surface area (Å²) in [5.41, 5.74) is 0. The highest BCUT2D eigenvalue weighted by Gasteiger charge is 2.15. The average molecular weight is 247 g/mol. The average Bonchev–Trinajstić information content (AvgIpc) is 2.72. The first-order valence-corrected chi connectivity index (χ1v) is 6.36. The molecule has 17 heavy (non-hydrogen) atoms. The van der Waals surface area contributed by atoms with Crippen LogP contribution in [0.2, 0.25) is 0 Å². The van der Waals surface area contributed by atoms with Gasteiger partial charge in [0.05, 0.1) is 11.3 Å². The van der Waals surface area contributed by atoms with Crippen LogP contribution in [0.15, 0.2) is 29.6 Å². The Morgan fingerprint density at radius 2 is 2.06 bits per heavy atom. The van der Waals surface area contributed by atoms with Crippen molar-refractivity contribution in [3.05, 3.63) is 34.5 Å². The number of rotatable bonds is 4. The molecule has 2 aromatic rings. The van der Waals surface area contributed by atoms with Gasteiger partial charge in [0.1, 0.15) is 0 Å². The molecule has 0 saturated carbocycles. The molecule has 1 aromatic carbocycles. The minimum absolute atomic E-state index is 0.0711. The fourth-order valence-electron chi connectivity index (χ4n) is 1.69. The topological polar surface area (TPSA) is 46.2 Å². The van der Waals surface area contributed by atoms with E-state index in [1.807, 2.05) is 36.6 Å². The van der Waals surface area contributed by atoms with Gasteiger partial charge in [0.15, 0.2) is 5.78 Å². The molecule has 0 aliphatic heterocycles. The smallest absolute Gasteiger partial charge is 0.227 e. The van der Waals surface area contributed by atoms with E-state index < -0.39 is 0 Å². The van der Waals surface area contributed by atoms with Crippen LogP contribution in [0.4, 0.5) is 0 Å². The van der Waals surface area contributed by atoms with Crippen LogP contribution >= 0.6 is 11.3 Å². The lowest BCUT2D eigenvalue weighted by Crippen LogP contribution is -2.24. The Hall–Kier alpha value is -1.68. The highest BCUT2D eigenvalue weighted by atomic mass is 32.1. The Bertz CT molecular complexity index is 559. The van der Waals surface area contributed by atoms with Gasteiger partial charge >= 0.3 is 0 Å². The maximum absolute atomic E-state index is 12.0. The molecule has 1 heterocycles. The van der Waals surface area contributed by atoms with Crippen LogP contribution in [0.5, 0.6) is 0 Å². The SMILES string of the molecule is CCNC(=O)CC(=O)c1scc2ccccc12. The van der Waals surface area contributed by atoms with Gasteiger partial charge in [-0.3, -0.25) is 9.59 Å². The lowest BCUT2D eigenvalue weighted by molar-refractivity contribution is -0.120. The molecule has 4 heteroatoms. The maximum atomic E-state index is 12.0. The van der Waals surface area contributed by atoms with Gasteiger partial charge in [-0.25, -0.2) is 0 Å². The van der Waals surface area contributed by atoms with E-state index in [1.165, 1.54) is 11.3 Å². The van der Waals surface area contributed by atoms with E-state index in [-0.39, 0.29) is 18.1 Å². The number of hydrogen-bond acceptors (Lipinski definition) is 3. The van der Waals surface area contributed by atoms with Crippen molar-refractivity contribution in [2.45, 2.75) is 13.3 Å². The molecule has 0 fully saturated rings. The first-order valence-electron chi connectivity index (χ1n) is 5.48. The summed E-state index contributed by atoms with van der Waals surface area (Å²) in [6, 6.07) is 7.72. The second-order valence-electron chi connectivity index (χ2n) is 3.71. The van der Waals surface area contributed by atoms with E-state index in [0.717, 1.165) is 10.8 Å². The first-order chi connectivity index (χ1) is 8.22. The fraction of sp³-hybridized carbons (Fsp3) is 0.231. The normalized spacial score (nSPS) is 10.4. The van der Waals surface area contributed by atoms with Gasteiger partial charge in [-0.15, -0.1) is 11.3 Å². The third-order valence-corrected chi connectivity index (χ3v) is 3.51. The predicted molar refractivity (Wildman–Crippen MR) is 69.5 cm³/mol. The van der Waals surface area contributed by atoms with Crippen molar-refractivity contribution in [2.75, 3.05) is 6.54 Å². The molecular weight excluding hydrogens is 234 g/mol. The molecule has 0 unspecified atom stereocenters. The van der Waals surface area contributed by atoms with Crippen LogP contribution in [-0.4, -0.2) is 18.2 Å². The summed E-state index contributed by atoms with van der Waals surface area (Å²) in [7, 11) is 0. The fourth-order valence-corrected chi connectivity index (χ4v) is 2.66.